The molecule has 3 aliphatic rings. The Balaban J connectivity index is 0.00000110. The van der Waals surface area contributed by atoms with E-state index in [1.165, 1.54) is 24.6 Å². The van der Waals surface area contributed by atoms with Crippen molar-refractivity contribution >= 4 is 42.5 Å². The van der Waals surface area contributed by atoms with Gasteiger partial charge in [0.05, 0.1) is 0 Å². The summed E-state index contributed by atoms with van der Waals surface area (Å²) in [5, 5.41) is 3.21. The van der Waals surface area contributed by atoms with E-state index in [1.54, 1.807) is 0 Å². The summed E-state index contributed by atoms with van der Waals surface area (Å²) >= 11 is 2.06. The zero-order chi connectivity index (χ0) is 13.1. The van der Waals surface area contributed by atoms with Gasteiger partial charge in [-0.15, -0.1) is 24.8 Å². The molecule has 0 radical (unpaired) electrons. The number of rotatable bonds is 2. The van der Waals surface area contributed by atoms with Gasteiger partial charge in [-0.3, -0.25) is 15.0 Å². The largest absolute Gasteiger partial charge is 0.341 e. The number of carbonyl (C=O) groups is 1. The number of piperidine rings is 1. The summed E-state index contributed by atoms with van der Waals surface area (Å²) in [5.74, 6) is 2.81. The summed E-state index contributed by atoms with van der Waals surface area (Å²) < 4.78 is 0. The Morgan fingerprint density at radius 1 is 1.10 bits per heavy atom. The topological polar surface area (TPSA) is 35.6 Å². The standard InChI is InChI=1S/C14H23N3OS.2ClH/c18-14(13-2-1-5-15-13)17-6-3-12(4-7-17)16-8-10-19-11-9-16;;/h1-2,12-13,15H,3-11H2;2*1H. The van der Waals surface area contributed by atoms with Crippen molar-refractivity contribution in [3.8, 4) is 0 Å². The molecule has 0 aromatic heterocycles. The highest BCUT2D eigenvalue weighted by Gasteiger charge is 2.30. The second-order valence-electron chi connectivity index (χ2n) is 5.52. The van der Waals surface area contributed by atoms with Crippen molar-refractivity contribution in [1.29, 1.82) is 0 Å². The molecule has 21 heavy (non-hydrogen) atoms. The molecule has 2 saturated heterocycles. The Morgan fingerprint density at radius 2 is 1.76 bits per heavy atom. The van der Waals surface area contributed by atoms with Gasteiger partial charge in [0.15, 0.2) is 0 Å². The number of nitrogens with one attached hydrogen (secondary N) is 1. The number of hydrogen-bond acceptors (Lipinski definition) is 4. The van der Waals surface area contributed by atoms with Gasteiger partial charge in [-0.25, -0.2) is 0 Å². The molecule has 7 heteroatoms. The van der Waals surface area contributed by atoms with E-state index in [2.05, 4.69) is 22.0 Å². The predicted octanol–water partition coefficient (Wildman–Crippen LogP) is 1.40. The van der Waals surface area contributed by atoms with Crippen LogP contribution in [0.5, 0.6) is 0 Å². The second-order valence-corrected chi connectivity index (χ2v) is 6.74. The highest BCUT2D eigenvalue weighted by atomic mass is 35.5. The molecule has 1 amide bonds. The molecule has 0 saturated carbocycles. The van der Waals surface area contributed by atoms with Gasteiger partial charge in [-0.2, -0.15) is 11.8 Å². The Labute approximate surface area is 143 Å². The number of thioether (sulfide) groups is 1. The summed E-state index contributed by atoms with van der Waals surface area (Å²) in [6, 6.07) is 0.639. The van der Waals surface area contributed by atoms with E-state index in [9.17, 15) is 4.79 Å². The van der Waals surface area contributed by atoms with Crippen LogP contribution in [0.2, 0.25) is 0 Å². The van der Waals surface area contributed by atoms with E-state index < -0.39 is 0 Å². The number of halogens is 2. The Morgan fingerprint density at radius 3 is 2.33 bits per heavy atom. The quantitative estimate of drug-likeness (QED) is 0.761. The molecule has 3 rings (SSSR count). The molecule has 3 heterocycles. The van der Waals surface area contributed by atoms with Crippen LogP contribution in [0.25, 0.3) is 0 Å². The summed E-state index contributed by atoms with van der Waals surface area (Å²) in [6.45, 7) is 5.16. The highest BCUT2D eigenvalue weighted by molar-refractivity contribution is 7.99. The Kier molecular flexibility index (Phi) is 8.42. The fraction of sp³-hybridized carbons (Fsp3) is 0.786. The average Bonchev–Trinajstić information content (AvgIpc) is 3.02. The third-order valence-corrected chi connectivity index (χ3v) is 5.33. The van der Waals surface area contributed by atoms with E-state index in [-0.39, 0.29) is 36.8 Å². The van der Waals surface area contributed by atoms with Crippen LogP contribution in [0.4, 0.5) is 0 Å². The summed E-state index contributed by atoms with van der Waals surface area (Å²) in [5.41, 5.74) is 0. The first-order valence-corrected chi connectivity index (χ1v) is 8.51. The SMILES string of the molecule is Cl.Cl.O=C(C1C=CCN1)N1CCC(N2CCSCC2)CC1. The minimum Gasteiger partial charge on any atom is -0.341 e. The monoisotopic (exact) mass is 353 g/mol. The molecule has 0 aromatic carbocycles. The van der Waals surface area contributed by atoms with Gasteiger partial charge in [-0.05, 0) is 12.8 Å². The smallest absolute Gasteiger partial charge is 0.243 e. The van der Waals surface area contributed by atoms with Crippen molar-refractivity contribution in [2.75, 3.05) is 44.2 Å². The van der Waals surface area contributed by atoms with Crippen molar-refractivity contribution in [2.24, 2.45) is 0 Å². The van der Waals surface area contributed by atoms with Crippen LogP contribution in [-0.4, -0.2) is 72.0 Å². The van der Waals surface area contributed by atoms with Crippen LogP contribution < -0.4 is 5.32 Å². The molecule has 1 unspecified atom stereocenters. The lowest BCUT2D eigenvalue weighted by Gasteiger charge is -2.40. The van der Waals surface area contributed by atoms with Crippen molar-refractivity contribution in [3.05, 3.63) is 12.2 Å². The van der Waals surface area contributed by atoms with Gasteiger partial charge < -0.3 is 4.90 Å². The maximum atomic E-state index is 12.3. The fourth-order valence-corrected chi connectivity index (χ4v) is 4.16. The van der Waals surface area contributed by atoms with Gasteiger partial charge in [0, 0.05) is 50.3 Å². The summed E-state index contributed by atoms with van der Waals surface area (Å²) in [6.07, 6.45) is 6.33. The van der Waals surface area contributed by atoms with Crippen LogP contribution in [0.3, 0.4) is 0 Å². The lowest BCUT2D eigenvalue weighted by molar-refractivity contribution is -0.133. The van der Waals surface area contributed by atoms with E-state index in [0.717, 1.165) is 32.5 Å². The lowest BCUT2D eigenvalue weighted by Crippen LogP contribution is -2.52. The summed E-state index contributed by atoms with van der Waals surface area (Å²) in [4.78, 5) is 17.0. The van der Waals surface area contributed by atoms with Crippen molar-refractivity contribution in [1.82, 2.24) is 15.1 Å². The van der Waals surface area contributed by atoms with Crippen molar-refractivity contribution < 1.29 is 4.79 Å². The number of hydrogen-bond donors (Lipinski definition) is 1. The first kappa shape index (κ1) is 19.1. The number of carbonyl (C=O) groups excluding carboxylic acids is 1. The van der Waals surface area contributed by atoms with Gasteiger partial charge in [-0.1, -0.05) is 12.2 Å². The van der Waals surface area contributed by atoms with E-state index >= 15 is 0 Å². The Bertz CT molecular complexity index is 356. The number of amides is 1. The van der Waals surface area contributed by atoms with Crippen LogP contribution in [-0.2, 0) is 4.79 Å². The van der Waals surface area contributed by atoms with E-state index in [0.29, 0.717) is 6.04 Å². The molecular weight excluding hydrogens is 329 g/mol. The lowest BCUT2D eigenvalue weighted by atomic mass is 10.0. The molecule has 0 bridgehead atoms. The normalized spacial score (nSPS) is 27.0. The van der Waals surface area contributed by atoms with Gasteiger partial charge >= 0.3 is 0 Å². The van der Waals surface area contributed by atoms with Crippen LogP contribution in [0, 0.1) is 0 Å². The fourth-order valence-electron chi connectivity index (χ4n) is 3.23. The average molecular weight is 354 g/mol. The maximum Gasteiger partial charge on any atom is 0.243 e. The first-order valence-electron chi connectivity index (χ1n) is 7.35. The van der Waals surface area contributed by atoms with Crippen molar-refractivity contribution in [3.63, 3.8) is 0 Å². The van der Waals surface area contributed by atoms with Gasteiger partial charge in [0.2, 0.25) is 5.91 Å². The molecule has 122 valence electrons. The molecule has 1 atom stereocenters. The van der Waals surface area contributed by atoms with Crippen LogP contribution >= 0.6 is 36.6 Å². The third-order valence-electron chi connectivity index (χ3n) is 4.39. The summed E-state index contributed by atoms with van der Waals surface area (Å²) in [7, 11) is 0. The second kappa shape index (κ2) is 9.26. The van der Waals surface area contributed by atoms with Gasteiger partial charge in [0.25, 0.3) is 0 Å². The molecule has 0 aromatic rings. The van der Waals surface area contributed by atoms with Crippen molar-refractivity contribution in [2.45, 2.75) is 24.9 Å². The zero-order valence-electron chi connectivity index (χ0n) is 12.2. The molecule has 1 N–H and O–H groups in total. The molecule has 4 nitrogen and oxygen atoms in total. The number of nitrogens with zero attached hydrogens (tertiary/aromatic N) is 2. The maximum absolute atomic E-state index is 12.3. The molecular formula is C14H25Cl2N3OS. The van der Waals surface area contributed by atoms with Crippen LogP contribution in [0.1, 0.15) is 12.8 Å². The molecule has 0 aliphatic carbocycles. The predicted molar refractivity (Wildman–Crippen MR) is 93.9 cm³/mol. The minimum absolute atomic E-state index is 0. The molecule has 3 aliphatic heterocycles. The van der Waals surface area contributed by atoms with Crippen LogP contribution in [0.15, 0.2) is 12.2 Å². The van der Waals surface area contributed by atoms with E-state index in [4.69, 9.17) is 0 Å². The molecule has 0 spiro atoms. The third kappa shape index (κ3) is 4.76. The zero-order valence-corrected chi connectivity index (χ0v) is 14.7. The number of likely N-dealkylation sites (tertiary alicyclic amines) is 1. The first-order chi connectivity index (χ1) is 9.34. The highest BCUT2D eigenvalue weighted by Crippen LogP contribution is 2.21. The van der Waals surface area contributed by atoms with Gasteiger partial charge in [0.1, 0.15) is 6.04 Å². The Hall–Kier alpha value is 0.0600. The molecule has 2 fully saturated rings. The minimum atomic E-state index is -0.0667. The van der Waals surface area contributed by atoms with E-state index in [1.807, 2.05) is 17.1 Å².